The van der Waals surface area contributed by atoms with Crippen molar-refractivity contribution in [3.8, 4) is 0 Å². The Morgan fingerprint density at radius 3 is 3.06 bits per heavy atom. The lowest BCUT2D eigenvalue weighted by molar-refractivity contribution is -0.117. The molecule has 0 fully saturated rings. The number of primary amides is 1. The van der Waals surface area contributed by atoms with E-state index in [2.05, 4.69) is 27.8 Å². The molecule has 0 aliphatic rings. The van der Waals surface area contributed by atoms with Gasteiger partial charge < -0.3 is 11.1 Å². The van der Waals surface area contributed by atoms with Crippen molar-refractivity contribution in [2.45, 2.75) is 31.5 Å². The van der Waals surface area contributed by atoms with Crippen molar-refractivity contribution in [3.05, 3.63) is 0 Å². The molecule has 0 aliphatic carbocycles. The molecule has 0 aromatic carbocycles. The van der Waals surface area contributed by atoms with Crippen LogP contribution in [0.4, 0.5) is 0 Å². The summed E-state index contributed by atoms with van der Waals surface area (Å²) in [4.78, 5) is 10.6. The van der Waals surface area contributed by atoms with Crippen molar-refractivity contribution in [1.29, 1.82) is 0 Å². The van der Waals surface area contributed by atoms with Gasteiger partial charge >= 0.3 is 0 Å². The number of aromatic nitrogens is 4. The Labute approximate surface area is 105 Å². The molecule has 1 heterocycles. The molecular formula is C9H18N6OS. The van der Waals surface area contributed by atoms with Crippen molar-refractivity contribution in [2.75, 3.05) is 18.8 Å². The zero-order valence-electron chi connectivity index (χ0n) is 9.93. The first-order chi connectivity index (χ1) is 8.24. The van der Waals surface area contributed by atoms with Gasteiger partial charge in [-0.15, -0.1) is 5.10 Å². The topological polar surface area (TPSA) is 98.7 Å². The van der Waals surface area contributed by atoms with Crippen molar-refractivity contribution in [2.24, 2.45) is 5.73 Å². The normalized spacial score (nSPS) is 10.6. The number of nitrogens with one attached hydrogen (secondary N) is 1. The van der Waals surface area contributed by atoms with Crippen LogP contribution in [-0.4, -0.2) is 45.0 Å². The van der Waals surface area contributed by atoms with Crippen LogP contribution in [0.1, 0.15) is 19.8 Å². The smallest absolute Gasteiger partial charge is 0.218 e. The lowest BCUT2D eigenvalue weighted by Gasteiger charge is -2.04. The molecule has 0 saturated carbocycles. The van der Waals surface area contributed by atoms with Crippen molar-refractivity contribution in [1.82, 2.24) is 25.5 Å². The molecule has 0 saturated heterocycles. The summed E-state index contributed by atoms with van der Waals surface area (Å²) in [5.41, 5.74) is 5.06. The second kappa shape index (κ2) is 8.02. The Hall–Kier alpha value is -1.15. The van der Waals surface area contributed by atoms with E-state index in [0.717, 1.165) is 31.2 Å². The summed E-state index contributed by atoms with van der Waals surface area (Å²) >= 11 is 1.44. The van der Waals surface area contributed by atoms with Gasteiger partial charge in [0, 0.05) is 18.7 Å². The Balaban J connectivity index is 2.29. The molecule has 1 aromatic rings. The molecule has 1 aromatic heterocycles. The van der Waals surface area contributed by atoms with Gasteiger partial charge in [-0.3, -0.25) is 4.79 Å². The number of carbonyl (C=O) groups excluding carboxylic acids is 1. The molecule has 7 nitrogen and oxygen atoms in total. The van der Waals surface area contributed by atoms with Crippen LogP contribution in [0, 0.1) is 0 Å². The summed E-state index contributed by atoms with van der Waals surface area (Å²) < 4.78 is 1.73. The second-order valence-electron chi connectivity index (χ2n) is 3.50. The molecule has 17 heavy (non-hydrogen) atoms. The maximum absolute atomic E-state index is 10.6. The first kappa shape index (κ1) is 13.9. The van der Waals surface area contributed by atoms with Gasteiger partial charge in [-0.2, -0.15) is 0 Å². The predicted molar refractivity (Wildman–Crippen MR) is 65.5 cm³/mol. The van der Waals surface area contributed by atoms with Gasteiger partial charge in [0.2, 0.25) is 11.1 Å². The number of nitrogens with two attached hydrogens (primary N) is 1. The molecule has 0 atom stereocenters. The van der Waals surface area contributed by atoms with Gasteiger partial charge in [0.15, 0.2) is 0 Å². The average Bonchev–Trinajstić information content (AvgIpc) is 2.72. The summed E-state index contributed by atoms with van der Waals surface area (Å²) in [7, 11) is 0. The molecule has 8 heteroatoms. The SMILES string of the molecule is CCCNCCn1nnnc1SCCC(N)=O. The lowest BCUT2D eigenvalue weighted by atomic mass is 10.5. The highest BCUT2D eigenvalue weighted by Crippen LogP contribution is 2.13. The number of rotatable bonds is 9. The molecule has 1 amide bonds. The Bertz CT molecular complexity index is 342. The number of hydrogen-bond acceptors (Lipinski definition) is 6. The predicted octanol–water partition coefficient (Wildman–Crippen LogP) is -0.360. The highest BCUT2D eigenvalue weighted by Gasteiger charge is 2.06. The fourth-order valence-corrected chi connectivity index (χ4v) is 2.03. The van der Waals surface area contributed by atoms with E-state index in [1.54, 1.807) is 4.68 Å². The first-order valence-electron chi connectivity index (χ1n) is 5.62. The lowest BCUT2D eigenvalue weighted by Crippen LogP contribution is -2.21. The third-order valence-electron chi connectivity index (χ3n) is 2.01. The van der Waals surface area contributed by atoms with E-state index in [1.807, 2.05) is 0 Å². The van der Waals surface area contributed by atoms with E-state index >= 15 is 0 Å². The van der Waals surface area contributed by atoms with Crippen LogP contribution in [0.2, 0.25) is 0 Å². The number of thioether (sulfide) groups is 1. The van der Waals surface area contributed by atoms with Gasteiger partial charge in [-0.1, -0.05) is 18.7 Å². The standard InChI is InChI=1S/C9H18N6OS/c1-2-4-11-5-6-15-9(12-13-14-15)17-7-3-8(10)16/h11H,2-7H2,1H3,(H2,10,16). The number of hydrogen-bond donors (Lipinski definition) is 2. The van der Waals surface area contributed by atoms with Crippen LogP contribution in [-0.2, 0) is 11.3 Å². The Kier molecular flexibility index (Phi) is 6.56. The fourth-order valence-electron chi connectivity index (χ4n) is 1.17. The molecule has 0 spiro atoms. The van der Waals surface area contributed by atoms with Crippen LogP contribution in [0.5, 0.6) is 0 Å². The number of nitrogens with zero attached hydrogens (tertiary/aromatic N) is 4. The van der Waals surface area contributed by atoms with Crippen LogP contribution in [0.3, 0.4) is 0 Å². The average molecular weight is 258 g/mol. The van der Waals surface area contributed by atoms with Crippen molar-refractivity contribution >= 4 is 17.7 Å². The van der Waals surface area contributed by atoms with Gasteiger partial charge in [0.1, 0.15) is 0 Å². The van der Waals surface area contributed by atoms with Crippen LogP contribution < -0.4 is 11.1 Å². The van der Waals surface area contributed by atoms with Crippen LogP contribution in [0.25, 0.3) is 0 Å². The molecule has 0 aliphatic heterocycles. The highest BCUT2D eigenvalue weighted by atomic mass is 32.2. The summed E-state index contributed by atoms with van der Waals surface area (Å²) in [6, 6.07) is 0. The summed E-state index contributed by atoms with van der Waals surface area (Å²) in [5.74, 6) is 0.305. The van der Waals surface area contributed by atoms with Gasteiger partial charge in [0.25, 0.3) is 0 Å². The molecule has 1 rings (SSSR count). The summed E-state index contributed by atoms with van der Waals surface area (Å²) in [6.07, 6.45) is 1.45. The van der Waals surface area contributed by atoms with Gasteiger partial charge in [-0.05, 0) is 23.4 Å². The molecular weight excluding hydrogens is 240 g/mol. The third kappa shape index (κ3) is 5.64. The molecule has 0 unspecified atom stereocenters. The van der Waals surface area contributed by atoms with E-state index < -0.39 is 0 Å². The zero-order chi connectivity index (χ0) is 12.5. The van der Waals surface area contributed by atoms with Crippen molar-refractivity contribution in [3.63, 3.8) is 0 Å². The molecule has 0 radical (unpaired) electrons. The van der Waals surface area contributed by atoms with Crippen LogP contribution in [0.15, 0.2) is 5.16 Å². The van der Waals surface area contributed by atoms with Crippen molar-refractivity contribution < 1.29 is 4.79 Å². The van der Waals surface area contributed by atoms with E-state index in [1.165, 1.54) is 11.8 Å². The van der Waals surface area contributed by atoms with E-state index in [9.17, 15) is 4.79 Å². The minimum Gasteiger partial charge on any atom is -0.370 e. The zero-order valence-corrected chi connectivity index (χ0v) is 10.7. The van der Waals surface area contributed by atoms with E-state index in [-0.39, 0.29) is 5.91 Å². The fraction of sp³-hybridized carbons (Fsp3) is 0.778. The quantitative estimate of drug-likeness (QED) is 0.463. The van der Waals surface area contributed by atoms with E-state index in [4.69, 9.17) is 5.73 Å². The van der Waals surface area contributed by atoms with Gasteiger partial charge in [-0.25, -0.2) is 4.68 Å². The minimum absolute atomic E-state index is 0.305. The van der Waals surface area contributed by atoms with E-state index in [0.29, 0.717) is 12.2 Å². The summed E-state index contributed by atoms with van der Waals surface area (Å²) in [6.45, 7) is 4.68. The van der Waals surface area contributed by atoms with Gasteiger partial charge in [0.05, 0.1) is 6.54 Å². The molecule has 0 bridgehead atoms. The maximum Gasteiger partial charge on any atom is 0.218 e. The number of carbonyl (C=O) groups is 1. The minimum atomic E-state index is -0.305. The third-order valence-corrected chi connectivity index (χ3v) is 2.96. The molecule has 3 N–H and O–H groups in total. The largest absolute Gasteiger partial charge is 0.370 e. The second-order valence-corrected chi connectivity index (χ2v) is 4.56. The summed E-state index contributed by atoms with van der Waals surface area (Å²) in [5, 5.41) is 15.4. The van der Waals surface area contributed by atoms with Crippen LogP contribution >= 0.6 is 11.8 Å². The Morgan fingerprint density at radius 2 is 2.35 bits per heavy atom. The Morgan fingerprint density at radius 1 is 1.53 bits per heavy atom. The molecule has 96 valence electrons. The monoisotopic (exact) mass is 258 g/mol. The maximum atomic E-state index is 10.6. The first-order valence-corrected chi connectivity index (χ1v) is 6.60. The number of tetrazole rings is 1. The number of amides is 1. The highest BCUT2D eigenvalue weighted by molar-refractivity contribution is 7.99.